The molecule has 1 unspecified atom stereocenters. The van der Waals surface area contributed by atoms with Crippen molar-refractivity contribution in [3.63, 3.8) is 0 Å². The molecule has 0 saturated carbocycles. The van der Waals surface area contributed by atoms with Crippen LogP contribution in [0.3, 0.4) is 0 Å². The third kappa shape index (κ3) is 5.52. The minimum atomic E-state index is -0.129. The Labute approximate surface area is 204 Å². The Bertz CT molecular complexity index is 1240. The molecule has 172 valence electrons. The Morgan fingerprint density at radius 1 is 1.18 bits per heavy atom. The van der Waals surface area contributed by atoms with Crippen molar-refractivity contribution in [2.24, 2.45) is 0 Å². The van der Waals surface area contributed by atoms with Gasteiger partial charge >= 0.3 is 0 Å². The van der Waals surface area contributed by atoms with Gasteiger partial charge in [-0.3, -0.25) is 14.3 Å². The first kappa shape index (κ1) is 23.6. The van der Waals surface area contributed by atoms with E-state index in [9.17, 15) is 4.79 Å². The minimum Gasteiger partial charge on any atom is -0.318 e. The van der Waals surface area contributed by atoms with Crippen molar-refractivity contribution >= 4 is 37.6 Å². The van der Waals surface area contributed by atoms with Gasteiger partial charge in [-0.2, -0.15) is 0 Å². The van der Waals surface area contributed by atoms with Crippen LogP contribution in [0.4, 0.5) is 0 Å². The molecule has 8 nitrogen and oxygen atoms in total. The Morgan fingerprint density at radius 2 is 1.94 bits per heavy atom. The van der Waals surface area contributed by atoms with E-state index in [0.29, 0.717) is 16.9 Å². The van der Waals surface area contributed by atoms with Crippen molar-refractivity contribution < 1.29 is 0 Å². The van der Waals surface area contributed by atoms with Crippen LogP contribution in [0, 0.1) is 0 Å². The molecule has 0 spiro atoms. The minimum absolute atomic E-state index is 0.0502. The molecular weight excluding hydrogens is 502 g/mol. The molecule has 0 aliphatic carbocycles. The number of hydrogen-bond acceptors (Lipinski definition) is 8. The largest absolute Gasteiger partial charge is 0.318 e. The van der Waals surface area contributed by atoms with Crippen molar-refractivity contribution in [1.29, 1.82) is 0 Å². The quantitative estimate of drug-likeness (QED) is 0.336. The van der Waals surface area contributed by atoms with Crippen LogP contribution in [-0.4, -0.2) is 49.5 Å². The second-order valence-electron chi connectivity index (χ2n) is 7.74. The van der Waals surface area contributed by atoms with Gasteiger partial charge in [0.1, 0.15) is 12.2 Å². The highest BCUT2D eigenvalue weighted by molar-refractivity contribution is 9.10. The summed E-state index contributed by atoms with van der Waals surface area (Å²) in [6, 6.07) is 8.30. The lowest BCUT2D eigenvalue weighted by atomic mass is 10.1. The molecule has 3 aromatic heterocycles. The number of fused-ring (bicyclic) bond motifs is 1. The number of nitrogens with zero attached hydrogens (tertiary/aromatic N) is 6. The molecule has 1 N–H and O–H groups in total. The molecule has 4 rings (SSSR count). The van der Waals surface area contributed by atoms with Crippen LogP contribution in [0.1, 0.15) is 36.3 Å². The Kier molecular flexibility index (Phi) is 7.92. The van der Waals surface area contributed by atoms with Crippen LogP contribution in [-0.2, 0) is 13.1 Å². The first-order valence-corrected chi connectivity index (χ1v) is 12.5. The van der Waals surface area contributed by atoms with E-state index in [1.54, 1.807) is 22.5 Å². The summed E-state index contributed by atoms with van der Waals surface area (Å²) in [6.07, 6.45) is 5.76. The molecule has 1 atom stereocenters. The Morgan fingerprint density at radius 3 is 2.64 bits per heavy atom. The lowest BCUT2D eigenvalue weighted by Crippen LogP contribution is -2.38. The average molecular weight is 528 g/mol. The summed E-state index contributed by atoms with van der Waals surface area (Å²) >= 11 is 4.91. The van der Waals surface area contributed by atoms with Gasteiger partial charge in [-0.1, -0.05) is 35.0 Å². The Hall–Kier alpha value is -2.53. The average Bonchev–Trinajstić information content (AvgIpc) is 3.31. The van der Waals surface area contributed by atoms with Crippen LogP contribution in [0.15, 0.2) is 57.8 Å². The van der Waals surface area contributed by atoms with Gasteiger partial charge in [-0.25, -0.2) is 19.9 Å². The van der Waals surface area contributed by atoms with Crippen LogP contribution in [0.2, 0.25) is 0 Å². The molecule has 0 radical (unpaired) electrons. The standard InChI is InChI=1S/C23H26BrN7OS/c1-3-19(30(9-8-25-2)12-16-4-6-18(24)7-5-16)21-29-22-20(28-15-33-22)23(32)31(21)13-17-10-26-14-27-11-17/h4-7,10-11,14-15,19,25H,3,8-9,12-13H2,1-2H3. The molecule has 10 heteroatoms. The van der Waals surface area contributed by atoms with Crippen LogP contribution >= 0.6 is 27.3 Å². The zero-order chi connectivity index (χ0) is 23.2. The first-order chi connectivity index (χ1) is 16.1. The topological polar surface area (TPSA) is 88.8 Å². The van der Waals surface area contributed by atoms with E-state index >= 15 is 0 Å². The molecule has 0 aliphatic rings. The van der Waals surface area contributed by atoms with Gasteiger partial charge in [0.15, 0.2) is 10.3 Å². The molecule has 0 bridgehead atoms. The summed E-state index contributed by atoms with van der Waals surface area (Å²) in [4.78, 5) is 34.0. The summed E-state index contributed by atoms with van der Waals surface area (Å²) < 4.78 is 2.79. The van der Waals surface area contributed by atoms with Gasteiger partial charge in [-0.05, 0) is 31.2 Å². The van der Waals surface area contributed by atoms with E-state index < -0.39 is 0 Å². The van der Waals surface area contributed by atoms with E-state index in [4.69, 9.17) is 4.98 Å². The lowest BCUT2D eigenvalue weighted by molar-refractivity contribution is 0.173. The molecule has 0 saturated heterocycles. The monoisotopic (exact) mass is 527 g/mol. The highest BCUT2D eigenvalue weighted by Gasteiger charge is 2.26. The Balaban J connectivity index is 1.78. The second kappa shape index (κ2) is 11.1. The van der Waals surface area contributed by atoms with E-state index in [-0.39, 0.29) is 11.6 Å². The van der Waals surface area contributed by atoms with Crippen molar-refractivity contribution in [3.05, 3.63) is 80.3 Å². The maximum Gasteiger partial charge on any atom is 0.281 e. The summed E-state index contributed by atoms with van der Waals surface area (Å²) in [5.41, 5.74) is 4.01. The molecule has 0 amide bonds. The summed E-state index contributed by atoms with van der Waals surface area (Å²) in [5.74, 6) is 0.747. The van der Waals surface area contributed by atoms with Crippen molar-refractivity contribution in [3.8, 4) is 0 Å². The van der Waals surface area contributed by atoms with Crippen LogP contribution < -0.4 is 10.9 Å². The highest BCUT2D eigenvalue weighted by atomic mass is 79.9. The number of hydrogen-bond donors (Lipinski definition) is 1. The smallest absolute Gasteiger partial charge is 0.281 e. The maximum atomic E-state index is 13.5. The van der Waals surface area contributed by atoms with Gasteiger partial charge in [0.25, 0.3) is 5.56 Å². The van der Waals surface area contributed by atoms with Crippen molar-refractivity contribution in [2.45, 2.75) is 32.5 Å². The van der Waals surface area contributed by atoms with E-state index in [0.717, 1.165) is 41.9 Å². The zero-order valence-electron chi connectivity index (χ0n) is 18.6. The fourth-order valence-corrected chi connectivity index (χ4v) is 4.81. The summed E-state index contributed by atoms with van der Waals surface area (Å²) in [5, 5.41) is 3.25. The van der Waals surface area contributed by atoms with E-state index in [2.05, 4.69) is 72.3 Å². The number of likely N-dealkylation sites (N-methyl/N-ethyl adjacent to an activating group) is 1. The van der Waals surface area contributed by atoms with E-state index in [1.807, 2.05) is 7.05 Å². The number of thiazole rings is 1. The maximum absolute atomic E-state index is 13.5. The normalized spacial score (nSPS) is 12.5. The molecule has 0 fully saturated rings. The number of nitrogens with one attached hydrogen (secondary N) is 1. The zero-order valence-corrected chi connectivity index (χ0v) is 21.0. The summed E-state index contributed by atoms with van der Waals surface area (Å²) in [6.45, 7) is 4.88. The van der Waals surface area contributed by atoms with Gasteiger partial charge < -0.3 is 5.32 Å². The fraction of sp³-hybridized carbons (Fsp3) is 0.348. The molecule has 3 heterocycles. The number of rotatable bonds is 10. The third-order valence-corrected chi connectivity index (χ3v) is 6.76. The van der Waals surface area contributed by atoms with Gasteiger partial charge in [0.05, 0.1) is 18.1 Å². The van der Waals surface area contributed by atoms with Gasteiger partial charge in [-0.15, -0.1) is 11.3 Å². The molecule has 1 aromatic carbocycles. The molecular formula is C23H26BrN7OS. The first-order valence-electron chi connectivity index (χ1n) is 10.8. The summed E-state index contributed by atoms with van der Waals surface area (Å²) in [7, 11) is 1.95. The lowest BCUT2D eigenvalue weighted by Gasteiger charge is -2.32. The van der Waals surface area contributed by atoms with E-state index in [1.165, 1.54) is 23.2 Å². The molecule has 33 heavy (non-hydrogen) atoms. The fourth-order valence-electron chi connectivity index (χ4n) is 3.89. The predicted molar refractivity (Wildman–Crippen MR) is 134 cm³/mol. The van der Waals surface area contributed by atoms with Crippen molar-refractivity contribution in [2.75, 3.05) is 20.1 Å². The van der Waals surface area contributed by atoms with Gasteiger partial charge in [0, 0.05) is 42.1 Å². The second-order valence-corrected chi connectivity index (χ2v) is 9.49. The predicted octanol–water partition coefficient (Wildman–Crippen LogP) is 3.63. The SMILES string of the molecule is CCC(c1nc2scnc2c(=O)n1Cc1cncnc1)N(CCNC)Cc1ccc(Br)cc1. The highest BCUT2D eigenvalue weighted by Crippen LogP contribution is 2.27. The number of aromatic nitrogens is 5. The van der Waals surface area contributed by atoms with Crippen LogP contribution in [0.5, 0.6) is 0 Å². The molecule has 4 aromatic rings. The molecule has 0 aliphatic heterocycles. The number of halogens is 1. The van der Waals surface area contributed by atoms with Crippen LogP contribution in [0.25, 0.3) is 10.3 Å². The van der Waals surface area contributed by atoms with Gasteiger partial charge in [0.2, 0.25) is 0 Å². The number of benzene rings is 1. The third-order valence-electron chi connectivity index (χ3n) is 5.52. The van der Waals surface area contributed by atoms with Crippen molar-refractivity contribution in [1.82, 2.24) is 34.7 Å².